The van der Waals surface area contributed by atoms with E-state index in [9.17, 15) is 0 Å². The average molecular weight is 521 g/mol. The van der Waals surface area contributed by atoms with Gasteiger partial charge in [-0.2, -0.15) is 0 Å². The lowest BCUT2D eigenvalue weighted by atomic mass is 9.54. The molecule has 0 saturated carbocycles. The number of hydrogen-bond acceptors (Lipinski definition) is 2. The van der Waals surface area contributed by atoms with E-state index in [0.717, 1.165) is 33.6 Å². The molecule has 0 atom stereocenters. The summed E-state index contributed by atoms with van der Waals surface area (Å²) in [6, 6.07) is 33.1. The molecule has 0 N–H and O–H groups in total. The molecule has 3 heterocycles. The fourth-order valence-electron chi connectivity index (χ4n) is 6.76. The molecule has 0 aliphatic carbocycles. The minimum absolute atomic E-state index is 0.0730. The number of benzene rings is 5. The molecule has 7 aromatic rings. The number of fused-ring (bicyclic) bond motifs is 8. The molecule has 8 rings (SSSR count). The highest BCUT2D eigenvalue weighted by Gasteiger charge is 2.49. The van der Waals surface area contributed by atoms with Crippen molar-refractivity contribution in [2.75, 3.05) is 0 Å². The fourth-order valence-corrected chi connectivity index (χ4v) is 6.76. The number of furan rings is 1. The first-order chi connectivity index (χ1) is 19.2. The zero-order valence-electron chi connectivity index (χ0n) is 23.7. The van der Waals surface area contributed by atoms with Crippen LogP contribution >= 0.6 is 0 Å². The second kappa shape index (κ2) is 8.02. The van der Waals surface area contributed by atoms with Crippen molar-refractivity contribution in [3.8, 4) is 5.69 Å². The van der Waals surface area contributed by atoms with Crippen molar-refractivity contribution in [3.63, 3.8) is 0 Å². The molecule has 2 aromatic heterocycles. The molecule has 196 valence electrons. The molecule has 0 amide bonds. The summed E-state index contributed by atoms with van der Waals surface area (Å²) in [6.45, 7) is 11.3. The van der Waals surface area contributed by atoms with Gasteiger partial charge in [0, 0.05) is 32.6 Å². The summed E-state index contributed by atoms with van der Waals surface area (Å²) in [6.07, 6.45) is 0.996. The maximum absolute atomic E-state index is 6.70. The van der Waals surface area contributed by atoms with Crippen LogP contribution in [0.5, 0.6) is 0 Å². The van der Waals surface area contributed by atoms with E-state index in [-0.39, 0.29) is 17.9 Å². The summed E-state index contributed by atoms with van der Waals surface area (Å²) < 4.78 is 15.6. The standard InChI is InChI=1S/C36H32BNO2/c1-22-10-6-8-12-30(22)38-31-13-9-7-11-25(31)29-18-23-14-16-27-26-17-15-24(37-21-35(2,3)36(4,5)40-37)19-33(26)39-34(27)28(23)20-32(29)38/h6-20H,21H2,1-5H3. The van der Waals surface area contributed by atoms with Crippen molar-refractivity contribution in [2.24, 2.45) is 5.41 Å². The Morgan fingerprint density at radius 2 is 1.48 bits per heavy atom. The summed E-state index contributed by atoms with van der Waals surface area (Å²) in [5, 5.41) is 7.15. The Balaban J connectivity index is 1.38. The molecule has 0 bridgehead atoms. The largest absolute Gasteiger partial charge is 0.455 e. The van der Waals surface area contributed by atoms with Gasteiger partial charge in [0.15, 0.2) is 0 Å². The van der Waals surface area contributed by atoms with E-state index in [0.29, 0.717) is 0 Å². The van der Waals surface area contributed by atoms with E-state index in [1.54, 1.807) is 0 Å². The van der Waals surface area contributed by atoms with Gasteiger partial charge in [0.25, 0.3) is 0 Å². The predicted octanol–water partition coefficient (Wildman–Crippen LogP) is 9.18. The van der Waals surface area contributed by atoms with E-state index in [1.807, 2.05) is 0 Å². The second-order valence-corrected chi connectivity index (χ2v) is 12.7. The molecule has 1 aliphatic heterocycles. The van der Waals surface area contributed by atoms with Crippen molar-refractivity contribution in [1.29, 1.82) is 0 Å². The van der Waals surface area contributed by atoms with E-state index in [4.69, 9.17) is 9.07 Å². The lowest BCUT2D eigenvalue weighted by Gasteiger charge is -2.34. The summed E-state index contributed by atoms with van der Waals surface area (Å²) in [5.74, 6) is 0. The van der Waals surface area contributed by atoms with Gasteiger partial charge in [0.2, 0.25) is 0 Å². The highest BCUT2D eigenvalue weighted by Crippen LogP contribution is 2.45. The first kappa shape index (κ1) is 23.8. The minimum atomic E-state index is -0.169. The third-order valence-electron chi connectivity index (χ3n) is 9.76. The SMILES string of the molecule is Cc1ccccc1-n1c2ccccc2c2cc3ccc4c5ccc(B6CC(C)(C)C(C)(C)O6)cc5oc4c3cc21. The predicted molar refractivity (Wildman–Crippen MR) is 169 cm³/mol. The van der Waals surface area contributed by atoms with Crippen molar-refractivity contribution in [3.05, 3.63) is 96.6 Å². The van der Waals surface area contributed by atoms with Crippen LogP contribution in [0.25, 0.3) is 60.2 Å². The minimum Gasteiger partial charge on any atom is -0.455 e. The molecular weight excluding hydrogens is 489 g/mol. The Morgan fingerprint density at radius 3 is 2.27 bits per heavy atom. The van der Waals surface area contributed by atoms with Gasteiger partial charge in [0.1, 0.15) is 11.2 Å². The highest BCUT2D eigenvalue weighted by molar-refractivity contribution is 6.68. The number of rotatable bonds is 2. The summed E-state index contributed by atoms with van der Waals surface area (Å²) >= 11 is 0. The first-order valence-corrected chi connectivity index (χ1v) is 14.3. The first-order valence-electron chi connectivity index (χ1n) is 14.3. The number of aryl methyl sites for hydroxylation is 1. The van der Waals surface area contributed by atoms with Gasteiger partial charge in [-0.05, 0) is 85.3 Å². The van der Waals surface area contributed by atoms with Crippen LogP contribution in [0, 0.1) is 12.3 Å². The molecule has 1 aliphatic rings. The van der Waals surface area contributed by atoms with Crippen LogP contribution in [0.1, 0.15) is 33.3 Å². The van der Waals surface area contributed by atoms with Crippen LogP contribution in [-0.4, -0.2) is 17.1 Å². The van der Waals surface area contributed by atoms with Gasteiger partial charge in [-0.15, -0.1) is 0 Å². The van der Waals surface area contributed by atoms with Crippen molar-refractivity contribution >= 4 is 66.9 Å². The lowest BCUT2D eigenvalue weighted by molar-refractivity contribution is 0.0375. The smallest absolute Gasteiger partial charge is 0.328 e. The Kier molecular flexibility index (Phi) is 4.78. The number of aromatic nitrogens is 1. The molecule has 0 unspecified atom stereocenters. The molecule has 3 nitrogen and oxygen atoms in total. The zero-order chi connectivity index (χ0) is 27.4. The third kappa shape index (κ3) is 3.23. The number of nitrogens with zero attached hydrogens (tertiary/aromatic N) is 1. The van der Waals surface area contributed by atoms with E-state index >= 15 is 0 Å². The van der Waals surface area contributed by atoms with Crippen molar-refractivity contribution < 1.29 is 9.07 Å². The fraction of sp³-hybridized carbons (Fsp3) is 0.222. The number of para-hydroxylation sites is 2. The van der Waals surface area contributed by atoms with Gasteiger partial charge >= 0.3 is 6.92 Å². The van der Waals surface area contributed by atoms with Gasteiger partial charge in [0.05, 0.1) is 16.6 Å². The Bertz CT molecular complexity index is 2130. The normalized spacial score (nSPS) is 16.8. The Hall–Kier alpha value is -4.02. The summed E-state index contributed by atoms with van der Waals surface area (Å²) in [7, 11) is 0. The molecule has 5 aromatic carbocycles. The molecule has 0 spiro atoms. The van der Waals surface area contributed by atoms with Crippen LogP contribution in [0.3, 0.4) is 0 Å². The van der Waals surface area contributed by atoms with Gasteiger partial charge in [-0.25, -0.2) is 0 Å². The van der Waals surface area contributed by atoms with Crippen molar-refractivity contribution in [1.82, 2.24) is 4.57 Å². The average Bonchev–Trinajstić information content (AvgIpc) is 3.54. The second-order valence-electron chi connectivity index (χ2n) is 12.7. The van der Waals surface area contributed by atoms with Crippen LogP contribution in [0.2, 0.25) is 6.32 Å². The monoisotopic (exact) mass is 521 g/mol. The maximum Gasteiger partial charge on any atom is 0.328 e. The van der Waals surface area contributed by atoms with Gasteiger partial charge in [-0.1, -0.05) is 68.4 Å². The molecule has 1 saturated heterocycles. The van der Waals surface area contributed by atoms with Crippen molar-refractivity contribution in [2.45, 2.75) is 46.5 Å². The van der Waals surface area contributed by atoms with Gasteiger partial charge in [-0.3, -0.25) is 0 Å². The van der Waals surface area contributed by atoms with E-state index in [1.165, 1.54) is 43.9 Å². The molecule has 4 heteroatoms. The molecule has 0 radical (unpaired) electrons. The Morgan fingerprint density at radius 1 is 0.700 bits per heavy atom. The highest BCUT2D eigenvalue weighted by atomic mass is 16.5. The Labute approximate surface area is 234 Å². The maximum atomic E-state index is 6.70. The molecule has 40 heavy (non-hydrogen) atoms. The molecular formula is C36H32BNO2. The van der Waals surface area contributed by atoms with Crippen LogP contribution in [-0.2, 0) is 4.65 Å². The van der Waals surface area contributed by atoms with E-state index < -0.39 is 0 Å². The van der Waals surface area contributed by atoms with Crippen LogP contribution in [0.15, 0.2) is 95.4 Å². The summed E-state index contributed by atoms with van der Waals surface area (Å²) in [4.78, 5) is 0. The third-order valence-corrected chi connectivity index (χ3v) is 9.76. The topological polar surface area (TPSA) is 27.3 Å². The van der Waals surface area contributed by atoms with Crippen LogP contribution in [0.4, 0.5) is 0 Å². The zero-order valence-corrected chi connectivity index (χ0v) is 23.7. The van der Waals surface area contributed by atoms with Gasteiger partial charge < -0.3 is 13.6 Å². The van der Waals surface area contributed by atoms with Crippen LogP contribution < -0.4 is 5.46 Å². The van der Waals surface area contributed by atoms with E-state index in [2.05, 4.69) is 130 Å². The summed E-state index contributed by atoms with van der Waals surface area (Å²) in [5.41, 5.74) is 7.87. The molecule has 1 fully saturated rings. The lowest BCUT2D eigenvalue weighted by Crippen LogP contribution is -2.36. The number of hydrogen-bond donors (Lipinski definition) is 0. The quantitative estimate of drug-likeness (QED) is 0.212.